The van der Waals surface area contributed by atoms with Crippen LogP contribution in [0.15, 0.2) is 24.3 Å². The second-order valence-corrected chi connectivity index (χ2v) is 4.42. The minimum atomic E-state index is -0.368. The standard InChI is InChI=1S/C14H20O3/c1-2-14(15)11-3-5-12(6-4-11)17-13-7-9-16-10-8-13/h3-6,13-15H,2,7-10H2,1H3/t14-/m0/s1. The first-order valence-corrected chi connectivity index (χ1v) is 6.32. The Hall–Kier alpha value is -1.06. The smallest absolute Gasteiger partial charge is 0.119 e. The van der Waals surface area contributed by atoms with Crippen molar-refractivity contribution in [3.05, 3.63) is 29.8 Å². The quantitative estimate of drug-likeness (QED) is 0.873. The third-order valence-corrected chi connectivity index (χ3v) is 3.12. The number of hydrogen-bond donors (Lipinski definition) is 1. The molecule has 0 bridgehead atoms. The van der Waals surface area contributed by atoms with Gasteiger partial charge in [0.2, 0.25) is 0 Å². The third kappa shape index (κ3) is 3.45. The largest absolute Gasteiger partial charge is 0.490 e. The van der Waals surface area contributed by atoms with Crippen molar-refractivity contribution in [1.82, 2.24) is 0 Å². The van der Waals surface area contributed by atoms with E-state index in [4.69, 9.17) is 9.47 Å². The summed E-state index contributed by atoms with van der Waals surface area (Å²) in [5.74, 6) is 0.879. The number of aliphatic hydroxyl groups is 1. The van der Waals surface area contributed by atoms with Gasteiger partial charge in [-0.25, -0.2) is 0 Å². The van der Waals surface area contributed by atoms with Crippen LogP contribution in [0.5, 0.6) is 5.75 Å². The highest BCUT2D eigenvalue weighted by molar-refractivity contribution is 5.28. The van der Waals surface area contributed by atoms with Gasteiger partial charge in [0.15, 0.2) is 0 Å². The molecule has 1 saturated heterocycles. The first-order valence-electron chi connectivity index (χ1n) is 6.32. The van der Waals surface area contributed by atoms with E-state index in [2.05, 4.69) is 0 Å². The monoisotopic (exact) mass is 236 g/mol. The Morgan fingerprint density at radius 2 is 1.94 bits per heavy atom. The fourth-order valence-corrected chi connectivity index (χ4v) is 1.99. The number of rotatable bonds is 4. The second kappa shape index (κ2) is 6.03. The molecule has 0 radical (unpaired) electrons. The van der Waals surface area contributed by atoms with Crippen LogP contribution in [0.2, 0.25) is 0 Å². The van der Waals surface area contributed by atoms with Gasteiger partial charge >= 0.3 is 0 Å². The summed E-state index contributed by atoms with van der Waals surface area (Å²) in [5, 5.41) is 9.68. The summed E-state index contributed by atoms with van der Waals surface area (Å²) in [6, 6.07) is 7.74. The lowest BCUT2D eigenvalue weighted by Gasteiger charge is -2.23. The van der Waals surface area contributed by atoms with Crippen LogP contribution in [-0.2, 0) is 4.74 Å². The molecule has 1 heterocycles. The molecule has 1 atom stereocenters. The Bertz CT molecular complexity index is 328. The minimum Gasteiger partial charge on any atom is -0.490 e. The molecule has 3 nitrogen and oxygen atoms in total. The van der Waals surface area contributed by atoms with Crippen molar-refractivity contribution in [2.45, 2.75) is 38.4 Å². The maximum absolute atomic E-state index is 9.68. The van der Waals surface area contributed by atoms with Crippen molar-refractivity contribution in [1.29, 1.82) is 0 Å². The summed E-state index contributed by atoms with van der Waals surface area (Å²) in [5.41, 5.74) is 0.951. The van der Waals surface area contributed by atoms with E-state index >= 15 is 0 Å². The Morgan fingerprint density at radius 3 is 2.53 bits per heavy atom. The first kappa shape index (κ1) is 12.4. The molecule has 17 heavy (non-hydrogen) atoms. The van der Waals surface area contributed by atoms with Gasteiger partial charge in [0, 0.05) is 12.8 Å². The van der Waals surface area contributed by atoms with E-state index in [0.717, 1.165) is 43.8 Å². The highest BCUT2D eigenvalue weighted by atomic mass is 16.5. The molecule has 1 aliphatic heterocycles. The topological polar surface area (TPSA) is 38.7 Å². The lowest BCUT2D eigenvalue weighted by molar-refractivity contribution is 0.0255. The van der Waals surface area contributed by atoms with Crippen molar-refractivity contribution < 1.29 is 14.6 Å². The maximum atomic E-state index is 9.68. The molecule has 2 rings (SSSR count). The van der Waals surface area contributed by atoms with Crippen LogP contribution in [0.25, 0.3) is 0 Å². The molecule has 1 N–H and O–H groups in total. The van der Waals surface area contributed by atoms with Crippen molar-refractivity contribution in [3.63, 3.8) is 0 Å². The molecule has 0 saturated carbocycles. The van der Waals surface area contributed by atoms with Gasteiger partial charge in [-0.2, -0.15) is 0 Å². The summed E-state index contributed by atoms with van der Waals surface area (Å²) >= 11 is 0. The molecule has 1 aromatic rings. The summed E-state index contributed by atoms with van der Waals surface area (Å²) in [7, 11) is 0. The Balaban J connectivity index is 1.93. The van der Waals surface area contributed by atoms with Crippen LogP contribution in [0.3, 0.4) is 0 Å². The SMILES string of the molecule is CC[C@H](O)c1ccc(OC2CCOCC2)cc1. The van der Waals surface area contributed by atoms with Gasteiger partial charge < -0.3 is 14.6 Å². The predicted molar refractivity (Wildman–Crippen MR) is 66.2 cm³/mol. The summed E-state index contributed by atoms with van der Waals surface area (Å²) < 4.78 is 11.2. The highest BCUT2D eigenvalue weighted by Gasteiger charge is 2.15. The lowest BCUT2D eigenvalue weighted by atomic mass is 10.1. The maximum Gasteiger partial charge on any atom is 0.119 e. The fraction of sp³-hybridized carbons (Fsp3) is 0.571. The molecule has 1 aromatic carbocycles. The van der Waals surface area contributed by atoms with Gasteiger partial charge in [-0.3, -0.25) is 0 Å². The summed E-state index contributed by atoms with van der Waals surface area (Å²) in [6.45, 7) is 3.55. The van der Waals surface area contributed by atoms with Gasteiger partial charge in [0.05, 0.1) is 19.3 Å². The number of aliphatic hydroxyl groups excluding tert-OH is 1. The molecule has 0 aliphatic carbocycles. The zero-order valence-corrected chi connectivity index (χ0v) is 10.3. The lowest BCUT2D eigenvalue weighted by Crippen LogP contribution is -2.25. The average molecular weight is 236 g/mol. The molecule has 0 unspecified atom stereocenters. The zero-order chi connectivity index (χ0) is 12.1. The number of ether oxygens (including phenoxy) is 2. The molecule has 3 heteroatoms. The highest BCUT2D eigenvalue weighted by Crippen LogP contribution is 2.22. The molecule has 0 amide bonds. The van der Waals surface area contributed by atoms with Crippen LogP contribution in [0.4, 0.5) is 0 Å². The molecule has 94 valence electrons. The van der Waals surface area contributed by atoms with Gasteiger partial charge in [-0.1, -0.05) is 19.1 Å². The summed E-state index contributed by atoms with van der Waals surface area (Å²) in [6.07, 6.45) is 2.55. The molecule has 0 spiro atoms. The van der Waals surface area contributed by atoms with Crippen molar-refractivity contribution >= 4 is 0 Å². The van der Waals surface area contributed by atoms with Crippen molar-refractivity contribution in [3.8, 4) is 5.75 Å². The Labute approximate surface area is 102 Å². The van der Waals surface area contributed by atoms with Crippen LogP contribution >= 0.6 is 0 Å². The van der Waals surface area contributed by atoms with Crippen molar-refractivity contribution in [2.75, 3.05) is 13.2 Å². The first-order chi connectivity index (χ1) is 8.29. The molecule has 0 aromatic heterocycles. The van der Waals surface area contributed by atoms with Gasteiger partial charge in [-0.15, -0.1) is 0 Å². The third-order valence-electron chi connectivity index (χ3n) is 3.12. The van der Waals surface area contributed by atoms with E-state index in [1.165, 1.54) is 0 Å². The number of benzene rings is 1. The normalized spacial score (nSPS) is 18.9. The Morgan fingerprint density at radius 1 is 1.29 bits per heavy atom. The average Bonchev–Trinajstić information content (AvgIpc) is 2.40. The van der Waals surface area contributed by atoms with E-state index in [-0.39, 0.29) is 12.2 Å². The molecule has 1 aliphatic rings. The van der Waals surface area contributed by atoms with Gasteiger partial charge in [0.1, 0.15) is 11.9 Å². The van der Waals surface area contributed by atoms with Crippen LogP contribution < -0.4 is 4.74 Å². The van der Waals surface area contributed by atoms with Crippen LogP contribution in [0, 0.1) is 0 Å². The Kier molecular flexibility index (Phi) is 4.40. The van der Waals surface area contributed by atoms with Crippen molar-refractivity contribution in [2.24, 2.45) is 0 Å². The predicted octanol–water partition coefficient (Wildman–Crippen LogP) is 2.69. The van der Waals surface area contributed by atoms with Crippen LogP contribution in [0.1, 0.15) is 37.9 Å². The molecular weight excluding hydrogens is 216 g/mol. The van der Waals surface area contributed by atoms with Gasteiger partial charge in [-0.05, 0) is 24.1 Å². The fourth-order valence-electron chi connectivity index (χ4n) is 1.99. The van der Waals surface area contributed by atoms with E-state index < -0.39 is 0 Å². The van der Waals surface area contributed by atoms with E-state index in [1.54, 1.807) is 0 Å². The molecular formula is C14H20O3. The second-order valence-electron chi connectivity index (χ2n) is 4.42. The van der Waals surface area contributed by atoms with E-state index in [0.29, 0.717) is 0 Å². The van der Waals surface area contributed by atoms with Gasteiger partial charge in [0.25, 0.3) is 0 Å². The minimum absolute atomic E-state index is 0.269. The summed E-state index contributed by atoms with van der Waals surface area (Å²) in [4.78, 5) is 0. The van der Waals surface area contributed by atoms with E-state index in [1.807, 2.05) is 31.2 Å². The van der Waals surface area contributed by atoms with Crippen LogP contribution in [-0.4, -0.2) is 24.4 Å². The number of hydrogen-bond acceptors (Lipinski definition) is 3. The molecule has 1 fully saturated rings. The zero-order valence-electron chi connectivity index (χ0n) is 10.3. The van der Waals surface area contributed by atoms with E-state index in [9.17, 15) is 5.11 Å².